The average molecular weight is 408 g/mol. The number of benzene rings is 2. The fraction of sp³-hybridized carbons (Fsp3) is 0.300. The highest BCUT2D eigenvalue weighted by Crippen LogP contribution is 2.25. The first kappa shape index (κ1) is 19.7. The molecule has 142 valence electrons. The first-order valence-electron chi connectivity index (χ1n) is 8.59. The van der Waals surface area contributed by atoms with E-state index in [0.717, 1.165) is 0 Å². The molecule has 0 bridgehead atoms. The van der Waals surface area contributed by atoms with Gasteiger partial charge in [-0.1, -0.05) is 59.6 Å². The van der Waals surface area contributed by atoms with Crippen LogP contribution in [0, 0.1) is 0 Å². The van der Waals surface area contributed by atoms with Crippen LogP contribution in [0.3, 0.4) is 0 Å². The number of hydrogen-bond acceptors (Lipinski definition) is 4. The molecular formula is C20H19Cl2NO4. The molecule has 0 unspecified atom stereocenters. The van der Waals surface area contributed by atoms with Gasteiger partial charge in [0.2, 0.25) is 6.10 Å². The molecular weight excluding hydrogens is 389 g/mol. The van der Waals surface area contributed by atoms with Gasteiger partial charge >= 0.3 is 5.97 Å². The number of carbonyl (C=O) groups is 2. The standard InChI is InChI=1S/C20H19Cl2NO4/c21-16-7-6-14(12-17(16)22)13-18(24)27-19(15-4-2-1-3-5-15)20(25)23-8-10-26-11-9-23/h1-7,12,19H,8-11,13H2/t19-/m0/s1. The molecule has 2 aromatic carbocycles. The van der Waals surface area contributed by atoms with E-state index in [9.17, 15) is 9.59 Å². The minimum atomic E-state index is -0.987. The lowest BCUT2D eigenvalue weighted by Crippen LogP contribution is -2.44. The van der Waals surface area contributed by atoms with Gasteiger partial charge in [-0.15, -0.1) is 0 Å². The number of nitrogens with zero attached hydrogens (tertiary/aromatic N) is 1. The Hall–Kier alpha value is -2.08. The van der Waals surface area contributed by atoms with Crippen molar-refractivity contribution >= 4 is 35.1 Å². The lowest BCUT2D eigenvalue weighted by Gasteiger charge is -2.30. The smallest absolute Gasteiger partial charge is 0.311 e. The predicted octanol–water partition coefficient (Wildman–Crippen LogP) is 3.68. The summed E-state index contributed by atoms with van der Waals surface area (Å²) >= 11 is 11.9. The van der Waals surface area contributed by atoms with Gasteiger partial charge in [-0.05, 0) is 17.7 Å². The number of morpholine rings is 1. The molecule has 1 fully saturated rings. The summed E-state index contributed by atoms with van der Waals surface area (Å²) in [5.41, 5.74) is 1.30. The van der Waals surface area contributed by atoms with Crippen LogP contribution in [0.15, 0.2) is 48.5 Å². The molecule has 0 saturated carbocycles. The largest absolute Gasteiger partial charge is 0.447 e. The first-order chi connectivity index (χ1) is 13.0. The van der Waals surface area contributed by atoms with Gasteiger partial charge < -0.3 is 14.4 Å². The summed E-state index contributed by atoms with van der Waals surface area (Å²) in [7, 11) is 0. The lowest BCUT2D eigenvalue weighted by atomic mass is 10.1. The van der Waals surface area contributed by atoms with Crippen LogP contribution in [0.5, 0.6) is 0 Å². The zero-order valence-corrected chi connectivity index (χ0v) is 16.1. The highest BCUT2D eigenvalue weighted by Gasteiger charge is 2.30. The summed E-state index contributed by atoms with van der Waals surface area (Å²) in [6.07, 6.45) is -0.990. The van der Waals surface area contributed by atoms with E-state index in [1.54, 1.807) is 35.2 Å². The minimum absolute atomic E-state index is 0.00336. The van der Waals surface area contributed by atoms with Crippen molar-refractivity contribution in [3.63, 3.8) is 0 Å². The number of carbonyl (C=O) groups excluding carboxylic acids is 2. The fourth-order valence-electron chi connectivity index (χ4n) is 2.83. The molecule has 0 aliphatic carbocycles. The quantitative estimate of drug-likeness (QED) is 0.709. The number of rotatable bonds is 5. The van der Waals surface area contributed by atoms with Crippen molar-refractivity contribution in [2.45, 2.75) is 12.5 Å². The maximum absolute atomic E-state index is 12.9. The third kappa shape index (κ3) is 5.22. The van der Waals surface area contributed by atoms with E-state index in [1.807, 2.05) is 18.2 Å². The fourth-order valence-corrected chi connectivity index (χ4v) is 3.15. The topological polar surface area (TPSA) is 55.8 Å². The minimum Gasteiger partial charge on any atom is -0.447 e. The molecule has 1 atom stereocenters. The highest BCUT2D eigenvalue weighted by molar-refractivity contribution is 6.42. The van der Waals surface area contributed by atoms with Crippen LogP contribution in [0.2, 0.25) is 10.0 Å². The van der Waals surface area contributed by atoms with Gasteiger partial charge in [0.1, 0.15) is 0 Å². The second kappa shape index (κ2) is 9.22. The summed E-state index contributed by atoms with van der Waals surface area (Å²) in [6.45, 7) is 1.91. The Morgan fingerprint density at radius 3 is 2.41 bits per heavy atom. The molecule has 1 heterocycles. The van der Waals surface area contributed by atoms with Crippen molar-refractivity contribution in [1.82, 2.24) is 4.90 Å². The van der Waals surface area contributed by atoms with Gasteiger partial charge in [0.25, 0.3) is 5.91 Å². The molecule has 0 aromatic heterocycles. The van der Waals surface area contributed by atoms with Crippen LogP contribution in [0.1, 0.15) is 17.2 Å². The molecule has 1 aliphatic rings. The summed E-state index contributed by atoms with van der Waals surface area (Å²) < 4.78 is 10.9. The van der Waals surface area contributed by atoms with E-state index >= 15 is 0 Å². The van der Waals surface area contributed by atoms with Crippen molar-refractivity contribution in [2.75, 3.05) is 26.3 Å². The van der Waals surface area contributed by atoms with E-state index in [0.29, 0.717) is 47.5 Å². The first-order valence-corrected chi connectivity index (χ1v) is 9.35. The third-order valence-corrected chi connectivity index (χ3v) is 4.97. The Kier molecular flexibility index (Phi) is 6.72. The molecule has 0 N–H and O–H groups in total. The third-order valence-electron chi connectivity index (χ3n) is 4.23. The van der Waals surface area contributed by atoms with E-state index in [-0.39, 0.29) is 12.3 Å². The summed E-state index contributed by atoms with van der Waals surface area (Å²) in [5, 5.41) is 0.782. The van der Waals surface area contributed by atoms with Crippen molar-refractivity contribution in [3.8, 4) is 0 Å². The molecule has 3 rings (SSSR count). The Labute approximate surface area is 167 Å². The molecule has 5 nitrogen and oxygen atoms in total. The van der Waals surface area contributed by atoms with E-state index in [4.69, 9.17) is 32.7 Å². The van der Waals surface area contributed by atoms with Crippen molar-refractivity contribution in [2.24, 2.45) is 0 Å². The number of esters is 1. The summed E-state index contributed by atoms with van der Waals surface area (Å²) in [4.78, 5) is 27.1. The predicted molar refractivity (Wildman–Crippen MR) is 103 cm³/mol. The second-order valence-corrected chi connectivity index (χ2v) is 6.96. The normalized spacial score (nSPS) is 15.3. The molecule has 27 heavy (non-hydrogen) atoms. The van der Waals surface area contributed by atoms with Crippen molar-refractivity contribution in [1.29, 1.82) is 0 Å². The summed E-state index contributed by atoms with van der Waals surface area (Å²) in [5.74, 6) is -0.754. The van der Waals surface area contributed by atoms with Gasteiger partial charge in [0.05, 0.1) is 29.7 Å². The second-order valence-electron chi connectivity index (χ2n) is 6.14. The zero-order valence-electron chi connectivity index (χ0n) is 14.6. The average Bonchev–Trinajstić information content (AvgIpc) is 2.70. The molecule has 7 heteroatoms. The van der Waals surface area contributed by atoms with Crippen LogP contribution in [-0.4, -0.2) is 43.1 Å². The number of hydrogen-bond donors (Lipinski definition) is 0. The zero-order chi connectivity index (χ0) is 19.2. The highest BCUT2D eigenvalue weighted by atomic mass is 35.5. The van der Waals surface area contributed by atoms with Gasteiger partial charge in [-0.25, -0.2) is 0 Å². The van der Waals surface area contributed by atoms with E-state index < -0.39 is 12.1 Å². The maximum atomic E-state index is 12.9. The molecule has 2 aromatic rings. The Morgan fingerprint density at radius 1 is 1.04 bits per heavy atom. The molecule has 0 radical (unpaired) electrons. The summed E-state index contributed by atoms with van der Waals surface area (Å²) in [6, 6.07) is 14.0. The number of ether oxygens (including phenoxy) is 2. The van der Waals surface area contributed by atoms with Crippen molar-refractivity contribution in [3.05, 3.63) is 69.7 Å². The van der Waals surface area contributed by atoms with Gasteiger partial charge in [0, 0.05) is 18.7 Å². The van der Waals surface area contributed by atoms with E-state index in [1.165, 1.54) is 0 Å². The van der Waals surface area contributed by atoms with Gasteiger partial charge in [-0.3, -0.25) is 9.59 Å². The molecule has 0 spiro atoms. The SMILES string of the molecule is O=C(Cc1ccc(Cl)c(Cl)c1)O[C@H](C(=O)N1CCOCC1)c1ccccc1. The van der Waals surface area contributed by atoms with Crippen LogP contribution < -0.4 is 0 Å². The molecule has 1 aliphatic heterocycles. The lowest BCUT2D eigenvalue weighted by molar-refractivity contribution is -0.162. The van der Waals surface area contributed by atoms with Crippen LogP contribution in [0.25, 0.3) is 0 Å². The van der Waals surface area contributed by atoms with Gasteiger partial charge in [0.15, 0.2) is 0 Å². The Morgan fingerprint density at radius 2 is 1.74 bits per heavy atom. The number of amides is 1. The van der Waals surface area contributed by atoms with Gasteiger partial charge in [-0.2, -0.15) is 0 Å². The Bertz CT molecular complexity index is 807. The number of halogens is 2. The van der Waals surface area contributed by atoms with Crippen molar-refractivity contribution < 1.29 is 19.1 Å². The van der Waals surface area contributed by atoms with Crippen LogP contribution in [0.4, 0.5) is 0 Å². The van der Waals surface area contributed by atoms with E-state index in [2.05, 4.69) is 0 Å². The molecule has 1 amide bonds. The molecule has 1 saturated heterocycles. The Balaban J connectivity index is 1.75. The monoisotopic (exact) mass is 407 g/mol. The maximum Gasteiger partial charge on any atom is 0.311 e. The van der Waals surface area contributed by atoms with Crippen LogP contribution >= 0.6 is 23.2 Å². The van der Waals surface area contributed by atoms with Crippen LogP contribution in [-0.2, 0) is 25.5 Å².